The number of benzene rings is 3. The van der Waals surface area contributed by atoms with Gasteiger partial charge in [0.2, 0.25) is 0 Å². The van der Waals surface area contributed by atoms with Gasteiger partial charge < -0.3 is 4.90 Å². The van der Waals surface area contributed by atoms with Crippen molar-refractivity contribution in [1.82, 2.24) is 14.5 Å². The summed E-state index contributed by atoms with van der Waals surface area (Å²) in [7, 11) is 1.72. The van der Waals surface area contributed by atoms with Crippen LogP contribution >= 0.6 is 11.6 Å². The molecule has 5 nitrogen and oxygen atoms in total. The molecule has 0 saturated heterocycles. The number of hydrogen-bond donors (Lipinski definition) is 0. The molecule has 0 saturated carbocycles. The largest absolute Gasteiger partial charge is 0.332 e. The molecule has 0 aliphatic rings. The number of nitrogens with zero attached hydrogens (tertiary/aromatic N) is 3. The fraction of sp³-hybridized carbons (Fsp3) is 0.192. The van der Waals surface area contributed by atoms with Gasteiger partial charge in [0, 0.05) is 17.6 Å². The van der Waals surface area contributed by atoms with Crippen LogP contribution in [0.5, 0.6) is 0 Å². The van der Waals surface area contributed by atoms with Crippen LogP contribution in [0.4, 0.5) is 0 Å². The zero-order valence-corrected chi connectivity index (χ0v) is 19.2. The van der Waals surface area contributed by atoms with E-state index in [4.69, 9.17) is 16.6 Å². The molecule has 162 valence electrons. The first-order valence-electron chi connectivity index (χ1n) is 10.4. The quantitative estimate of drug-likeness (QED) is 0.417. The van der Waals surface area contributed by atoms with Gasteiger partial charge in [0.15, 0.2) is 0 Å². The number of para-hydroxylation sites is 1. The first kappa shape index (κ1) is 21.8. The van der Waals surface area contributed by atoms with Gasteiger partial charge in [-0.1, -0.05) is 35.9 Å². The number of fused-ring (bicyclic) bond motifs is 1. The van der Waals surface area contributed by atoms with E-state index in [9.17, 15) is 9.59 Å². The van der Waals surface area contributed by atoms with Crippen molar-refractivity contribution in [3.63, 3.8) is 0 Å². The van der Waals surface area contributed by atoms with Crippen LogP contribution in [0, 0.1) is 13.8 Å². The molecule has 4 rings (SSSR count). The molecule has 1 amide bonds. The Hall–Kier alpha value is -3.44. The number of carbonyl (C=O) groups excluding carboxylic acids is 1. The van der Waals surface area contributed by atoms with Gasteiger partial charge in [-0.25, -0.2) is 4.98 Å². The lowest BCUT2D eigenvalue weighted by Crippen LogP contribution is -2.35. The van der Waals surface area contributed by atoms with Crippen LogP contribution in [0.1, 0.15) is 40.3 Å². The summed E-state index contributed by atoms with van der Waals surface area (Å²) in [5.74, 6) is 0.330. The number of rotatable bonds is 4. The number of hydrogen-bond acceptors (Lipinski definition) is 3. The van der Waals surface area contributed by atoms with Gasteiger partial charge in [0.05, 0.1) is 22.6 Å². The maximum Gasteiger partial charge on any atom is 0.266 e. The standard InChI is InChI=1S/C26H24ClN3O2/c1-16-9-10-17(2)23(15-16)30-24(28-22-8-6-5-7-21(22)26(30)32)18(3)29(4)25(31)19-11-13-20(27)14-12-19/h5-15,18H,1-4H3. The normalized spacial score (nSPS) is 12.0. The van der Waals surface area contributed by atoms with E-state index in [1.54, 1.807) is 46.8 Å². The van der Waals surface area contributed by atoms with Crippen LogP contribution in [-0.2, 0) is 0 Å². The Kier molecular flexibility index (Phi) is 5.85. The van der Waals surface area contributed by atoms with Crippen molar-refractivity contribution in [3.05, 3.63) is 105 Å². The van der Waals surface area contributed by atoms with Crippen LogP contribution in [0.3, 0.4) is 0 Å². The molecule has 0 bridgehead atoms. The van der Waals surface area contributed by atoms with Crippen molar-refractivity contribution >= 4 is 28.4 Å². The molecule has 32 heavy (non-hydrogen) atoms. The first-order valence-corrected chi connectivity index (χ1v) is 10.8. The van der Waals surface area contributed by atoms with Crippen LogP contribution in [0.15, 0.2) is 71.5 Å². The van der Waals surface area contributed by atoms with E-state index in [1.165, 1.54) is 0 Å². The summed E-state index contributed by atoms with van der Waals surface area (Å²) < 4.78 is 1.64. The summed E-state index contributed by atoms with van der Waals surface area (Å²) in [6, 6.07) is 19.6. The van der Waals surface area contributed by atoms with Crippen molar-refractivity contribution in [2.75, 3.05) is 7.05 Å². The minimum absolute atomic E-state index is 0.154. The Morgan fingerprint density at radius 1 is 1.03 bits per heavy atom. The third kappa shape index (κ3) is 3.92. The third-order valence-electron chi connectivity index (χ3n) is 5.77. The highest BCUT2D eigenvalue weighted by atomic mass is 35.5. The van der Waals surface area contributed by atoms with Crippen molar-refractivity contribution in [1.29, 1.82) is 0 Å². The first-order chi connectivity index (χ1) is 15.3. The van der Waals surface area contributed by atoms with Gasteiger partial charge >= 0.3 is 0 Å². The number of carbonyl (C=O) groups is 1. The molecule has 1 heterocycles. The topological polar surface area (TPSA) is 55.2 Å². The molecule has 0 spiro atoms. The van der Waals surface area contributed by atoms with E-state index in [0.29, 0.717) is 27.3 Å². The highest BCUT2D eigenvalue weighted by Gasteiger charge is 2.25. The van der Waals surface area contributed by atoms with E-state index in [1.807, 2.05) is 57.2 Å². The molecule has 1 atom stereocenters. The average Bonchev–Trinajstić information content (AvgIpc) is 2.80. The van der Waals surface area contributed by atoms with Crippen LogP contribution in [0.2, 0.25) is 5.02 Å². The SMILES string of the molecule is Cc1ccc(C)c(-n2c(C(C)N(C)C(=O)c3ccc(Cl)cc3)nc3ccccc3c2=O)c1. The fourth-order valence-electron chi connectivity index (χ4n) is 3.77. The Bertz CT molecular complexity index is 1380. The van der Waals surface area contributed by atoms with Crippen molar-refractivity contribution in [3.8, 4) is 5.69 Å². The fourth-order valence-corrected chi connectivity index (χ4v) is 3.89. The zero-order valence-electron chi connectivity index (χ0n) is 18.5. The average molecular weight is 446 g/mol. The lowest BCUT2D eigenvalue weighted by atomic mass is 10.1. The van der Waals surface area contributed by atoms with Crippen molar-refractivity contribution in [2.45, 2.75) is 26.8 Å². The van der Waals surface area contributed by atoms with E-state index in [0.717, 1.165) is 16.8 Å². The zero-order chi connectivity index (χ0) is 23.0. The van der Waals surface area contributed by atoms with Gasteiger partial charge in [0.1, 0.15) is 5.82 Å². The highest BCUT2D eigenvalue weighted by Crippen LogP contribution is 2.25. The number of amides is 1. The Morgan fingerprint density at radius 3 is 2.44 bits per heavy atom. The van der Waals surface area contributed by atoms with Gasteiger partial charge in [-0.3, -0.25) is 14.2 Å². The molecule has 4 aromatic rings. The van der Waals surface area contributed by atoms with Gasteiger partial charge in [-0.05, 0) is 74.4 Å². The summed E-state index contributed by atoms with van der Waals surface area (Å²) in [5.41, 5.74) is 3.73. The summed E-state index contributed by atoms with van der Waals surface area (Å²) in [6.45, 7) is 5.83. The Morgan fingerprint density at radius 2 is 1.72 bits per heavy atom. The maximum atomic E-state index is 13.6. The van der Waals surface area contributed by atoms with Gasteiger partial charge in [-0.2, -0.15) is 0 Å². The number of aromatic nitrogens is 2. The van der Waals surface area contributed by atoms with E-state index >= 15 is 0 Å². The minimum Gasteiger partial charge on any atom is -0.332 e. The second-order valence-electron chi connectivity index (χ2n) is 8.02. The third-order valence-corrected chi connectivity index (χ3v) is 6.03. The Balaban J connectivity index is 1.90. The molecule has 0 aliphatic carbocycles. The molecule has 0 fully saturated rings. The van der Waals surface area contributed by atoms with E-state index < -0.39 is 6.04 Å². The predicted molar refractivity (Wildman–Crippen MR) is 129 cm³/mol. The molecular formula is C26H24ClN3O2. The van der Waals surface area contributed by atoms with Crippen LogP contribution in [-0.4, -0.2) is 27.4 Å². The summed E-state index contributed by atoms with van der Waals surface area (Å²) in [4.78, 5) is 33.2. The lowest BCUT2D eigenvalue weighted by molar-refractivity contribution is 0.0735. The molecule has 3 aromatic carbocycles. The highest BCUT2D eigenvalue weighted by molar-refractivity contribution is 6.30. The lowest BCUT2D eigenvalue weighted by Gasteiger charge is -2.27. The molecule has 0 N–H and O–H groups in total. The molecule has 0 aliphatic heterocycles. The minimum atomic E-state index is -0.463. The Labute approximate surface area is 191 Å². The van der Waals surface area contributed by atoms with E-state index in [2.05, 4.69) is 0 Å². The summed E-state index contributed by atoms with van der Waals surface area (Å²) in [5, 5.41) is 1.10. The number of aryl methyl sites for hydroxylation is 2. The smallest absolute Gasteiger partial charge is 0.266 e. The van der Waals surface area contributed by atoms with Crippen molar-refractivity contribution in [2.24, 2.45) is 0 Å². The molecule has 6 heteroatoms. The second-order valence-corrected chi connectivity index (χ2v) is 8.45. The second kappa shape index (κ2) is 8.60. The number of halogens is 1. The maximum absolute atomic E-state index is 13.6. The molecule has 0 radical (unpaired) electrons. The summed E-state index contributed by atoms with van der Waals surface area (Å²) in [6.07, 6.45) is 0. The molecular weight excluding hydrogens is 422 g/mol. The van der Waals surface area contributed by atoms with Crippen LogP contribution in [0.25, 0.3) is 16.6 Å². The van der Waals surface area contributed by atoms with Gasteiger partial charge in [0.25, 0.3) is 11.5 Å². The summed E-state index contributed by atoms with van der Waals surface area (Å²) >= 11 is 5.97. The molecule has 1 unspecified atom stereocenters. The van der Waals surface area contributed by atoms with Gasteiger partial charge in [-0.15, -0.1) is 0 Å². The van der Waals surface area contributed by atoms with Crippen LogP contribution < -0.4 is 5.56 Å². The molecule has 1 aromatic heterocycles. The monoisotopic (exact) mass is 445 g/mol. The van der Waals surface area contributed by atoms with Crippen molar-refractivity contribution < 1.29 is 4.79 Å². The predicted octanol–water partition coefficient (Wildman–Crippen LogP) is 5.49. The van der Waals surface area contributed by atoms with E-state index in [-0.39, 0.29) is 11.5 Å².